The van der Waals surface area contributed by atoms with E-state index in [0.29, 0.717) is 19.3 Å². The third kappa shape index (κ3) is 56.6. The van der Waals surface area contributed by atoms with Crippen molar-refractivity contribution in [3.63, 3.8) is 0 Å². The summed E-state index contributed by atoms with van der Waals surface area (Å²) in [5, 5.41) is 0. The van der Waals surface area contributed by atoms with Crippen molar-refractivity contribution < 1.29 is 28.6 Å². The zero-order valence-electron chi connectivity index (χ0n) is 45.9. The monoisotopic (exact) mass is 983 g/mol. The Bertz CT molecular complexity index is 1500. The number of carbonyl (C=O) groups excluding carboxylic acids is 3. The molecule has 0 aliphatic carbocycles. The molecule has 0 unspecified atom stereocenters. The number of esters is 3. The van der Waals surface area contributed by atoms with Crippen LogP contribution in [0.4, 0.5) is 0 Å². The van der Waals surface area contributed by atoms with E-state index in [1.54, 1.807) is 0 Å². The molecule has 0 spiro atoms. The highest BCUT2D eigenvalue weighted by Gasteiger charge is 2.19. The highest BCUT2D eigenvalue weighted by Crippen LogP contribution is 2.13. The van der Waals surface area contributed by atoms with Crippen molar-refractivity contribution in [1.29, 1.82) is 0 Å². The summed E-state index contributed by atoms with van der Waals surface area (Å²) in [5.74, 6) is -0.983. The number of allylic oxidation sites excluding steroid dienone is 20. The molecular formula is C65H106O6. The third-order valence-electron chi connectivity index (χ3n) is 11.9. The van der Waals surface area contributed by atoms with Gasteiger partial charge in [-0.3, -0.25) is 14.4 Å². The smallest absolute Gasteiger partial charge is 0.306 e. The fourth-order valence-corrected chi connectivity index (χ4v) is 7.56. The van der Waals surface area contributed by atoms with Crippen LogP contribution < -0.4 is 0 Å². The first kappa shape index (κ1) is 66.8. The first-order valence-corrected chi connectivity index (χ1v) is 29.0. The maximum atomic E-state index is 12.9. The number of hydrogen-bond donors (Lipinski definition) is 0. The summed E-state index contributed by atoms with van der Waals surface area (Å²) in [7, 11) is 0. The minimum absolute atomic E-state index is 0.109. The molecule has 0 aliphatic rings. The fraction of sp³-hybridized carbons (Fsp3) is 0.646. The van der Waals surface area contributed by atoms with E-state index < -0.39 is 6.10 Å². The van der Waals surface area contributed by atoms with E-state index in [0.717, 1.165) is 128 Å². The summed E-state index contributed by atoms with van der Waals surface area (Å²) in [6, 6.07) is 0. The Labute approximate surface area is 437 Å². The molecule has 0 saturated heterocycles. The lowest BCUT2D eigenvalue weighted by Gasteiger charge is -2.18. The minimum Gasteiger partial charge on any atom is -0.462 e. The molecule has 1 atom stereocenters. The lowest BCUT2D eigenvalue weighted by Crippen LogP contribution is -2.30. The van der Waals surface area contributed by atoms with Crippen LogP contribution in [0.15, 0.2) is 122 Å². The lowest BCUT2D eigenvalue weighted by molar-refractivity contribution is -0.167. The molecule has 0 aliphatic heterocycles. The molecule has 0 saturated carbocycles. The van der Waals surface area contributed by atoms with E-state index in [9.17, 15) is 14.4 Å². The van der Waals surface area contributed by atoms with E-state index >= 15 is 0 Å². The zero-order valence-corrected chi connectivity index (χ0v) is 45.9. The van der Waals surface area contributed by atoms with Gasteiger partial charge in [-0.25, -0.2) is 0 Å². The van der Waals surface area contributed by atoms with Gasteiger partial charge in [-0.05, 0) is 135 Å². The average molecular weight is 984 g/mol. The molecule has 0 heterocycles. The topological polar surface area (TPSA) is 78.9 Å². The predicted octanol–water partition coefficient (Wildman–Crippen LogP) is 19.6. The standard InChI is InChI=1S/C65H106O6/c1-4-7-10-13-16-19-22-25-28-30-32-34-37-40-43-46-49-52-55-58-64(67)70-61-62(60-69-63(66)57-54-51-48-45-42-39-36-27-24-21-18-15-12-9-6-3)71-65(68)59-56-53-50-47-44-41-38-35-33-31-29-26-23-20-17-14-11-8-5-2/h8,11,16-17,19-20,25-29,32-36,40-41,43-44,62H,4-7,9-10,12-15,18,21-24,30-31,37-39,42,45-61H2,1-3H3/b11-8-,19-16-,20-17-,28-25-,29-26-,34-32-,35-33-,36-27-,43-40-,44-41-/t62-/m0/s1. The molecular weight excluding hydrogens is 877 g/mol. The Kier molecular flexibility index (Phi) is 54.9. The van der Waals surface area contributed by atoms with Gasteiger partial charge in [0.25, 0.3) is 0 Å². The number of hydrogen-bond acceptors (Lipinski definition) is 6. The number of ether oxygens (including phenoxy) is 3. The van der Waals surface area contributed by atoms with Crippen molar-refractivity contribution in [3.05, 3.63) is 122 Å². The van der Waals surface area contributed by atoms with Crippen molar-refractivity contribution >= 4 is 17.9 Å². The van der Waals surface area contributed by atoms with Crippen molar-refractivity contribution in [3.8, 4) is 0 Å². The van der Waals surface area contributed by atoms with Crippen LogP contribution in [0.1, 0.15) is 252 Å². The Hall–Kier alpha value is -4.19. The summed E-state index contributed by atoms with van der Waals surface area (Å²) in [5.41, 5.74) is 0. The van der Waals surface area contributed by atoms with Gasteiger partial charge in [0.15, 0.2) is 6.10 Å². The maximum absolute atomic E-state index is 12.9. The molecule has 6 heteroatoms. The van der Waals surface area contributed by atoms with Crippen molar-refractivity contribution in [2.45, 2.75) is 258 Å². The molecule has 71 heavy (non-hydrogen) atoms. The summed E-state index contributed by atoms with van der Waals surface area (Å²) < 4.78 is 16.8. The predicted molar refractivity (Wildman–Crippen MR) is 306 cm³/mol. The van der Waals surface area contributed by atoms with Crippen molar-refractivity contribution in [1.82, 2.24) is 0 Å². The lowest BCUT2D eigenvalue weighted by atomic mass is 10.1. The molecule has 0 fully saturated rings. The van der Waals surface area contributed by atoms with Gasteiger partial charge in [0.2, 0.25) is 0 Å². The SMILES string of the molecule is CC/C=C\C/C=C\C/C=C\C/C=C\C/C=C\CCCCCC(=O)O[C@H](COC(=O)CCCCC/C=C\C/C=C\C/C=C\C/C=C\CCCCC)COC(=O)CCCCCCC/C=C\CCCCCCCC. The minimum atomic E-state index is -0.816. The van der Waals surface area contributed by atoms with Crippen molar-refractivity contribution in [2.24, 2.45) is 0 Å². The van der Waals surface area contributed by atoms with Gasteiger partial charge in [-0.2, -0.15) is 0 Å². The zero-order chi connectivity index (χ0) is 51.4. The van der Waals surface area contributed by atoms with Gasteiger partial charge in [0, 0.05) is 19.3 Å². The summed E-state index contributed by atoms with van der Waals surface area (Å²) in [4.78, 5) is 38.2. The van der Waals surface area contributed by atoms with E-state index in [4.69, 9.17) is 14.2 Å². The van der Waals surface area contributed by atoms with E-state index in [1.165, 1.54) is 77.0 Å². The van der Waals surface area contributed by atoms with Crippen molar-refractivity contribution in [2.75, 3.05) is 13.2 Å². The van der Waals surface area contributed by atoms with Gasteiger partial charge in [0.1, 0.15) is 13.2 Å². The number of unbranched alkanes of at least 4 members (excludes halogenated alkanes) is 20. The number of rotatable bonds is 51. The second-order valence-electron chi connectivity index (χ2n) is 18.8. The van der Waals surface area contributed by atoms with Crippen LogP contribution in [0.5, 0.6) is 0 Å². The Balaban J connectivity index is 4.54. The van der Waals surface area contributed by atoms with Crippen LogP contribution in [-0.2, 0) is 28.6 Å². The Morgan fingerprint density at radius 2 is 0.549 bits per heavy atom. The first-order chi connectivity index (χ1) is 35.0. The fourth-order valence-electron chi connectivity index (χ4n) is 7.56. The van der Waals surface area contributed by atoms with E-state index in [-0.39, 0.29) is 37.5 Å². The molecule has 0 aromatic heterocycles. The molecule has 0 aromatic carbocycles. The van der Waals surface area contributed by atoms with Crippen LogP contribution in [0, 0.1) is 0 Å². The number of carbonyl (C=O) groups is 3. The molecule has 0 radical (unpaired) electrons. The Morgan fingerprint density at radius 1 is 0.296 bits per heavy atom. The average Bonchev–Trinajstić information content (AvgIpc) is 3.37. The maximum Gasteiger partial charge on any atom is 0.306 e. The first-order valence-electron chi connectivity index (χ1n) is 29.0. The van der Waals surface area contributed by atoms with Gasteiger partial charge < -0.3 is 14.2 Å². The van der Waals surface area contributed by atoms with Gasteiger partial charge >= 0.3 is 17.9 Å². The summed E-state index contributed by atoms with van der Waals surface area (Å²) in [6.45, 7) is 6.43. The van der Waals surface area contributed by atoms with Gasteiger partial charge in [0.05, 0.1) is 0 Å². The molecule has 0 amide bonds. The quantitative estimate of drug-likeness (QED) is 0.0261. The van der Waals surface area contributed by atoms with Crippen LogP contribution >= 0.6 is 0 Å². The molecule has 0 aromatic rings. The highest BCUT2D eigenvalue weighted by molar-refractivity contribution is 5.71. The summed E-state index contributed by atoms with van der Waals surface area (Å²) in [6.07, 6.45) is 80.4. The Morgan fingerprint density at radius 3 is 0.915 bits per heavy atom. The molecule has 0 rings (SSSR count). The van der Waals surface area contributed by atoms with Crippen LogP contribution in [0.25, 0.3) is 0 Å². The normalized spacial score (nSPS) is 13.0. The molecule has 402 valence electrons. The second-order valence-corrected chi connectivity index (χ2v) is 18.8. The molecule has 6 nitrogen and oxygen atoms in total. The third-order valence-corrected chi connectivity index (χ3v) is 11.9. The van der Waals surface area contributed by atoms with E-state index in [2.05, 4.69) is 142 Å². The van der Waals surface area contributed by atoms with E-state index in [1.807, 2.05) is 0 Å². The highest BCUT2D eigenvalue weighted by atomic mass is 16.6. The molecule has 0 N–H and O–H groups in total. The van der Waals surface area contributed by atoms with Gasteiger partial charge in [-0.15, -0.1) is 0 Å². The van der Waals surface area contributed by atoms with Crippen LogP contribution in [0.3, 0.4) is 0 Å². The van der Waals surface area contributed by atoms with Gasteiger partial charge in [-0.1, -0.05) is 219 Å². The van der Waals surface area contributed by atoms with Crippen LogP contribution in [0.2, 0.25) is 0 Å². The van der Waals surface area contributed by atoms with Crippen LogP contribution in [-0.4, -0.2) is 37.2 Å². The summed E-state index contributed by atoms with van der Waals surface area (Å²) >= 11 is 0. The largest absolute Gasteiger partial charge is 0.462 e. The molecule has 0 bridgehead atoms. The second kappa shape index (κ2) is 58.4.